The number of hydrogen-bond donors (Lipinski definition) is 1. The predicted octanol–water partition coefficient (Wildman–Crippen LogP) is 3.34. The van der Waals surface area contributed by atoms with Crippen LogP contribution >= 0.6 is 0 Å². The maximum atomic E-state index is 13.4. The second-order valence-electron chi connectivity index (χ2n) is 7.14. The summed E-state index contributed by atoms with van der Waals surface area (Å²) in [5.41, 5.74) is 3.73. The highest BCUT2D eigenvalue weighted by Crippen LogP contribution is 2.33. The Morgan fingerprint density at radius 2 is 1.68 bits per heavy atom. The van der Waals surface area contributed by atoms with Crippen LogP contribution in [-0.4, -0.2) is 40.8 Å². The van der Waals surface area contributed by atoms with Crippen LogP contribution in [0, 0.1) is 0 Å². The van der Waals surface area contributed by atoms with Gasteiger partial charge in [-0.15, -0.1) is 0 Å². The van der Waals surface area contributed by atoms with E-state index in [1.807, 2.05) is 0 Å². The molecule has 166 valence electrons. The number of sulfonamides is 1. The fraction of sp³-hybridized carbons (Fsp3) is 0.364. The lowest BCUT2D eigenvalue weighted by Gasteiger charge is -2.24. The number of rotatable bonds is 8. The summed E-state index contributed by atoms with van der Waals surface area (Å²) < 4.78 is 38.3. The zero-order valence-electron chi connectivity index (χ0n) is 17.7. The van der Waals surface area contributed by atoms with E-state index in [2.05, 4.69) is 10.5 Å². The van der Waals surface area contributed by atoms with E-state index in [-0.39, 0.29) is 10.6 Å². The number of amides is 1. The Bertz CT molecular complexity index is 1030. The fourth-order valence-corrected chi connectivity index (χ4v) is 4.83. The molecule has 0 unspecified atom stereocenters. The topological polar surface area (TPSA) is 97.3 Å². The van der Waals surface area contributed by atoms with Gasteiger partial charge in [-0.25, -0.2) is 13.8 Å². The molecule has 0 spiro atoms. The molecule has 9 heteroatoms. The van der Waals surface area contributed by atoms with Gasteiger partial charge in [-0.1, -0.05) is 24.6 Å². The van der Waals surface area contributed by atoms with Crippen molar-refractivity contribution >= 4 is 27.3 Å². The largest absolute Gasteiger partial charge is 0.493 e. The van der Waals surface area contributed by atoms with E-state index in [0.29, 0.717) is 11.5 Å². The van der Waals surface area contributed by atoms with Gasteiger partial charge < -0.3 is 9.47 Å². The lowest BCUT2D eigenvalue weighted by atomic mass is 9.99. The molecule has 8 nitrogen and oxygen atoms in total. The molecule has 1 saturated carbocycles. The summed E-state index contributed by atoms with van der Waals surface area (Å²) >= 11 is 0. The minimum atomic E-state index is -4.01. The zero-order valence-corrected chi connectivity index (χ0v) is 18.5. The molecule has 1 fully saturated rings. The van der Waals surface area contributed by atoms with Gasteiger partial charge in [0, 0.05) is 11.8 Å². The van der Waals surface area contributed by atoms with Gasteiger partial charge in [0.25, 0.3) is 15.9 Å². The summed E-state index contributed by atoms with van der Waals surface area (Å²) in [5, 5.41) is 4.20. The maximum Gasteiger partial charge on any atom is 0.264 e. The van der Waals surface area contributed by atoms with Crippen molar-refractivity contribution < 1.29 is 22.7 Å². The zero-order chi connectivity index (χ0) is 22.3. The van der Waals surface area contributed by atoms with Crippen LogP contribution in [0.2, 0.25) is 0 Å². The third-order valence-corrected chi connectivity index (χ3v) is 6.83. The van der Waals surface area contributed by atoms with Crippen LogP contribution in [0.15, 0.2) is 58.5 Å². The Hall–Kier alpha value is -3.07. The van der Waals surface area contributed by atoms with Gasteiger partial charge in [0.15, 0.2) is 11.5 Å². The van der Waals surface area contributed by atoms with Gasteiger partial charge >= 0.3 is 0 Å². The molecule has 1 amide bonds. The van der Waals surface area contributed by atoms with Crippen LogP contribution in [-0.2, 0) is 14.8 Å². The van der Waals surface area contributed by atoms with Crippen LogP contribution in [0.1, 0.15) is 32.1 Å². The maximum absolute atomic E-state index is 13.4. The van der Waals surface area contributed by atoms with Crippen molar-refractivity contribution in [3.05, 3.63) is 48.5 Å². The number of carbonyl (C=O) groups is 1. The van der Waals surface area contributed by atoms with E-state index in [4.69, 9.17) is 9.47 Å². The van der Waals surface area contributed by atoms with Crippen LogP contribution in [0.3, 0.4) is 0 Å². The SMILES string of the molecule is COc1ccc(N(CC(=O)NN=C2CCCCC2)S(=O)(=O)c2ccccc2)cc1OC. The van der Waals surface area contributed by atoms with Crippen molar-refractivity contribution in [2.45, 2.75) is 37.0 Å². The molecule has 0 atom stereocenters. The average Bonchev–Trinajstić information content (AvgIpc) is 2.82. The Morgan fingerprint density at radius 1 is 1.00 bits per heavy atom. The monoisotopic (exact) mass is 445 g/mol. The number of carbonyl (C=O) groups excluding carboxylic acids is 1. The number of nitrogens with zero attached hydrogens (tertiary/aromatic N) is 2. The highest BCUT2D eigenvalue weighted by atomic mass is 32.2. The van der Waals surface area contributed by atoms with Gasteiger partial charge in [0.1, 0.15) is 6.54 Å². The Kier molecular flexibility index (Phi) is 7.51. The van der Waals surface area contributed by atoms with Crippen molar-refractivity contribution in [1.82, 2.24) is 5.43 Å². The lowest BCUT2D eigenvalue weighted by Crippen LogP contribution is -2.39. The van der Waals surface area contributed by atoms with E-state index >= 15 is 0 Å². The Labute approximate surface area is 182 Å². The van der Waals surface area contributed by atoms with Crippen molar-refractivity contribution in [3.63, 3.8) is 0 Å². The molecule has 0 aliphatic heterocycles. The van der Waals surface area contributed by atoms with E-state index in [9.17, 15) is 13.2 Å². The van der Waals surface area contributed by atoms with Crippen LogP contribution in [0.5, 0.6) is 11.5 Å². The second-order valence-corrected chi connectivity index (χ2v) is 9.00. The number of anilines is 1. The molecule has 0 bridgehead atoms. The fourth-order valence-electron chi connectivity index (χ4n) is 3.39. The summed E-state index contributed by atoms with van der Waals surface area (Å²) in [5.74, 6) is 0.292. The van der Waals surface area contributed by atoms with Crippen molar-refractivity contribution in [1.29, 1.82) is 0 Å². The first-order valence-electron chi connectivity index (χ1n) is 10.1. The highest BCUT2D eigenvalue weighted by Gasteiger charge is 2.28. The van der Waals surface area contributed by atoms with E-state index < -0.39 is 22.5 Å². The van der Waals surface area contributed by atoms with Crippen LogP contribution in [0.4, 0.5) is 5.69 Å². The molecule has 3 rings (SSSR count). The number of ether oxygens (including phenoxy) is 2. The molecule has 1 N–H and O–H groups in total. The van der Waals surface area contributed by atoms with Gasteiger partial charge in [0.2, 0.25) is 0 Å². The van der Waals surface area contributed by atoms with Crippen molar-refractivity contribution in [2.75, 3.05) is 25.1 Å². The summed E-state index contributed by atoms with van der Waals surface area (Å²) in [4.78, 5) is 12.7. The number of benzene rings is 2. The third kappa shape index (κ3) is 5.55. The summed E-state index contributed by atoms with van der Waals surface area (Å²) in [7, 11) is -1.05. The third-order valence-electron chi connectivity index (χ3n) is 5.04. The first kappa shape index (κ1) is 22.6. The first-order valence-corrected chi connectivity index (χ1v) is 11.5. The minimum absolute atomic E-state index is 0.0798. The molecular formula is C22H27N3O5S. The molecule has 2 aromatic rings. The van der Waals surface area contributed by atoms with E-state index in [0.717, 1.165) is 42.1 Å². The predicted molar refractivity (Wildman–Crippen MR) is 119 cm³/mol. The molecule has 0 aromatic heterocycles. The lowest BCUT2D eigenvalue weighted by molar-refractivity contribution is -0.119. The van der Waals surface area contributed by atoms with Gasteiger partial charge in [0.05, 0.1) is 24.8 Å². The van der Waals surface area contributed by atoms with Crippen LogP contribution in [0.25, 0.3) is 0 Å². The summed E-state index contributed by atoms with van der Waals surface area (Å²) in [6, 6.07) is 12.7. The Balaban J connectivity index is 1.92. The number of hydrazone groups is 1. The molecule has 0 radical (unpaired) electrons. The highest BCUT2D eigenvalue weighted by molar-refractivity contribution is 7.92. The van der Waals surface area contributed by atoms with Crippen molar-refractivity contribution in [3.8, 4) is 11.5 Å². The number of methoxy groups -OCH3 is 2. The normalized spacial score (nSPS) is 13.9. The van der Waals surface area contributed by atoms with Gasteiger partial charge in [-0.3, -0.25) is 9.10 Å². The van der Waals surface area contributed by atoms with Gasteiger partial charge in [-0.05, 0) is 49.9 Å². The molecule has 2 aromatic carbocycles. The molecular weight excluding hydrogens is 418 g/mol. The first-order chi connectivity index (χ1) is 15.0. The summed E-state index contributed by atoms with van der Waals surface area (Å²) in [6.07, 6.45) is 4.96. The average molecular weight is 446 g/mol. The Morgan fingerprint density at radius 3 is 2.32 bits per heavy atom. The van der Waals surface area contributed by atoms with Crippen LogP contribution < -0.4 is 19.2 Å². The second kappa shape index (κ2) is 10.3. The smallest absolute Gasteiger partial charge is 0.264 e. The minimum Gasteiger partial charge on any atom is -0.493 e. The van der Waals surface area contributed by atoms with E-state index in [1.165, 1.54) is 32.4 Å². The molecule has 31 heavy (non-hydrogen) atoms. The summed E-state index contributed by atoms with van der Waals surface area (Å²) in [6.45, 7) is -0.427. The van der Waals surface area contributed by atoms with Gasteiger partial charge in [-0.2, -0.15) is 5.10 Å². The quantitative estimate of drug-likeness (QED) is 0.629. The molecule has 1 aliphatic rings. The molecule has 0 heterocycles. The molecule has 1 aliphatic carbocycles. The number of hydrogen-bond acceptors (Lipinski definition) is 6. The van der Waals surface area contributed by atoms with E-state index in [1.54, 1.807) is 30.3 Å². The standard InChI is InChI=1S/C22H27N3O5S/c1-29-20-14-13-18(15-21(20)30-2)25(31(27,28)19-11-7-4-8-12-19)16-22(26)24-23-17-9-5-3-6-10-17/h4,7-8,11-15H,3,5-6,9-10,16H2,1-2H3,(H,24,26). The van der Waals surface area contributed by atoms with Crippen molar-refractivity contribution in [2.24, 2.45) is 5.10 Å². The molecule has 0 saturated heterocycles. The number of nitrogens with one attached hydrogen (secondary N) is 1.